The summed E-state index contributed by atoms with van der Waals surface area (Å²) in [5, 5.41) is 0. The second kappa shape index (κ2) is 6.79. The van der Waals surface area contributed by atoms with Crippen molar-refractivity contribution in [3.8, 4) is 11.4 Å². The second-order valence-corrected chi connectivity index (χ2v) is 7.05. The maximum absolute atomic E-state index is 4.88. The van der Waals surface area contributed by atoms with Crippen LogP contribution in [0.5, 0.6) is 0 Å². The number of hydrogen-bond donors (Lipinski definition) is 0. The lowest BCUT2D eigenvalue weighted by atomic mass is 9.93. The predicted octanol–water partition coefficient (Wildman–Crippen LogP) is 3.02. The summed E-state index contributed by atoms with van der Waals surface area (Å²) in [6, 6.07) is 0. The van der Waals surface area contributed by atoms with Crippen molar-refractivity contribution in [3.05, 3.63) is 30.1 Å². The molecule has 1 aliphatic rings. The van der Waals surface area contributed by atoms with Crippen LogP contribution in [0, 0.1) is 12.8 Å². The van der Waals surface area contributed by atoms with E-state index < -0.39 is 0 Å². The van der Waals surface area contributed by atoms with E-state index in [9.17, 15) is 0 Å². The number of nitrogens with zero attached hydrogens (tertiary/aromatic N) is 5. The van der Waals surface area contributed by atoms with Crippen molar-refractivity contribution >= 4 is 0 Å². The zero-order chi connectivity index (χ0) is 16.4. The molecule has 0 unspecified atom stereocenters. The number of aromatic nitrogens is 4. The molecule has 0 spiro atoms. The summed E-state index contributed by atoms with van der Waals surface area (Å²) in [5.74, 6) is 2.26. The topological polar surface area (TPSA) is 46.8 Å². The van der Waals surface area contributed by atoms with E-state index in [1.165, 1.54) is 32.5 Å². The van der Waals surface area contributed by atoms with Crippen LogP contribution in [0.4, 0.5) is 0 Å². The third-order valence-electron chi connectivity index (χ3n) is 4.77. The maximum atomic E-state index is 4.88. The lowest BCUT2D eigenvalue weighted by molar-refractivity contribution is 0.191. The van der Waals surface area contributed by atoms with E-state index in [2.05, 4.69) is 33.3 Å². The Morgan fingerprint density at radius 1 is 1.17 bits per heavy atom. The molecule has 0 N–H and O–H groups in total. The standard InChI is InChI=1S/C18H27N5/c1-13(2)12-23-7-5-15(6-8-23)16-9-19-10-17(21-16)18-11-20-14(3)22(18)4/h9-11,13,15H,5-8,12H2,1-4H3. The molecule has 1 saturated heterocycles. The monoisotopic (exact) mass is 313 g/mol. The van der Waals surface area contributed by atoms with Gasteiger partial charge in [0.25, 0.3) is 0 Å². The molecule has 23 heavy (non-hydrogen) atoms. The van der Waals surface area contributed by atoms with Crippen LogP contribution in [-0.4, -0.2) is 44.1 Å². The highest BCUT2D eigenvalue weighted by molar-refractivity contribution is 5.53. The average molecular weight is 313 g/mol. The molecule has 5 nitrogen and oxygen atoms in total. The smallest absolute Gasteiger partial charge is 0.107 e. The van der Waals surface area contributed by atoms with Gasteiger partial charge in [0.1, 0.15) is 11.5 Å². The van der Waals surface area contributed by atoms with Gasteiger partial charge in [0.15, 0.2) is 0 Å². The highest BCUT2D eigenvalue weighted by atomic mass is 15.1. The van der Waals surface area contributed by atoms with E-state index in [0.717, 1.165) is 28.8 Å². The fourth-order valence-electron chi connectivity index (χ4n) is 3.37. The van der Waals surface area contributed by atoms with Crippen molar-refractivity contribution in [2.45, 2.75) is 39.5 Å². The first-order chi connectivity index (χ1) is 11.0. The summed E-state index contributed by atoms with van der Waals surface area (Å²) >= 11 is 0. The number of rotatable bonds is 4. The van der Waals surface area contributed by atoms with Crippen LogP contribution < -0.4 is 0 Å². The van der Waals surface area contributed by atoms with Gasteiger partial charge in [-0.05, 0) is 38.8 Å². The largest absolute Gasteiger partial charge is 0.330 e. The fourth-order valence-corrected chi connectivity index (χ4v) is 3.37. The molecule has 2 aromatic rings. The minimum absolute atomic E-state index is 0.528. The van der Waals surface area contributed by atoms with E-state index in [-0.39, 0.29) is 0 Å². The third kappa shape index (κ3) is 3.61. The second-order valence-electron chi connectivity index (χ2n) is 7.05. The number of imidazole rings is 1. The molecule has 2 aromatic heterocycles. The molecule has 3 rings (SSSR count). The van der Waals surface area contributed by atoms with Gasteiger partial charge in [-0.15, -0.1) is 0 Å². The molecule has 0 aliphatic carbocycles. The van der Waals surface area contributed by atoms with Crippen LogP contribution in [0.25, 0.3) is 11.4 Å². The number of hydrogen-bond acceptors (Lipinski definition) is 4. The van der Waals surface area contributed by atoms with Crippen molar-refractivity contribution < 1.29 is 0 Å². The van der Waals surface area contributed by atoms with Crippen LogP contribution in [0.1, 0.15) is 44.1 Å². The van der Waals surface area contributed by atoms with E-state index >= 15 is 0 Å². The lowest BCUT2D eigenvalue weighted by Gasteiger charge is -2.32. The van der Waals surface area contributed by atoms with E-state index in [4.69, 9.17) is 4.98 Å². The van der Waals surface area contributed by atoms with Gasteiger partial charge in [0.2, 0.25) is 0 Å². The molecule has 0 bridgehead atoms. The minimum Gasteiger partial charge on any atom is -0.330 e. The highest BCUT2D eigenvalue weighted by Crippen LogP contribution is 2.28. The minimum atomic E-state index is 0.528. The molecular formula is C18H27N5. The molecule has 1 aliphatic heterocycles. The number of aryl methyl sites for hydroxylation is 1. The summed E-state index contributed by atoms with van der Waals surface area (Å²) in [5.41, 5.74) is 3.09. The van der Waals surface area contributed by atoms with Crippen molar-refractivity contribution in [2.24, 2.45) is 13.0 Å². The Bertz CT molecular complexity index is 653. The summed E-state index contributed by atoms with van der Waals surface area (Å²) in [6.45, 7) is 10.1. The highest BCUT2D eigenvalue weighted by Gasteiger charge is 2.22. The number of piperidine rings is 1. The first kappa shape index (κ1) is 16.1. The van der Waals surface area contributed by atoms with Gasteiger partial charge in [-0.2, -0.15) is 0 Å². The lowest BCUT2D eigenvalue weighted by Crippen LogP contribution is -2.35. The summed E-state index contributed by atoms with van der Waals surface area (Å²) in [4.78, 5) is 16.3. The maximum Gasteiger partial charge on any atom is 0.107 e. The Morgan fingerprint density at radius 3 is 2.52 bits per heavy atom. The van der Waals surface area contributed by atoms with Gasteiger partial charge in [-0.3, -0.25) is 4.98 Å². The Kier molecular flexibility index (Phi) is 4.76. The molecule has 0 amide bonds. The fraction of sp³-hybridized carbons (Fsp3) is 0.611. The van der Waals surface area contributed by atoms with Gasteiger partial charge in [0.05, 0.1) is 23.8 Å². The van der Waals surface area contributed by atoms with Crippen LogP contribution in [0.15, 0.2) is 18.6 Å². The molecule has 0 atom stereocenters. The Labute approximate surface area is 138 Å². The van der Waals surface area contributed by atoms with E-state index in [1.54, 1.807) is 0 Å². The summed E-state index contributed by atoms with van der Waals surface area (Å²) in [7, 11) is 2.02. The molecule has 5 heteroatoms. The first-order valence-electron chi connectivity index (χ1n) is 8.57. The van der Waals surface area contributed by atoms with E-state index in [1.807, 2.05) is 32.6 Å². The summed E-state index contributed by atoms with van der Waals surface area (Å²) in [6.07, 6.45) is 8.02. The van der Waals surface area contributed by atoms with Crippen LogP contribution in [0.2, 0.25) is 0 Å². The Hall–Kier alpha value is -1.75. The van der Waals surface area contributed by atoms with Gasteiger partial charge in [0, 0.05) is 25.7 Å². The van der Waals surface area contributed by atoms with Crippen molar-refractivity contribution in [3.63, 3.8) is 0 Å². The van der Waals surface area contributed by atoms with E-state index in [0.29, 0.717) is 5.92 Å². The van der Waals surface area contributed by atoms with Crippen LogP contribution in [-0.2, 0) is 7.05 Å². The molecule has 1 fully saturated rings. The predicted molar refractivity (Wildman–Crippen MR) is 92.2 cm³/mol. The quantitative estimate of drug-likeness (QED) is 0.870. The van der Waals surface area contributed by atoms with Crippen molar-refractivity contribution in [1.82, 2.24) is 24.4 Å². The molecule has 0 aromatic carbocycles. The van der Waals surface area contributed by atoms with Crippen LogP contribution in [0.3, 0.4) is 0 Å². The SMILES string of the molecule is Cc1ncc(-c2cncc(C3CCN(CC(C)C)CC3)n2)n1C. The van der Waals surface area contributed by atoms with Gasteiger partial charge < -0.3 is 9.47 Å². The normalized spacial score (nSPS) is 17.1. The average Bonchev–Trinajstić information content (AvgIpc) is 2.87. The van der Waals surface area contributed by atoms with Crippen LogP contribution >= 0.6 is 0 Å². The first-order valence-corrected chi connectivity index (χ1v) is 8.57. The third-order valence-corrected chi connectivity index (χ3v) is 4.77. The molecule has 3 heterocycles. The van der Waals surface area contributed by atoms with Crippen molar-refractivity contribution in [2.75, 3.05) is 19.6 Å². The zero-order valence-corrected chi connectivity index (χ0v) is 14.7. The molecule has 0 saturated carbocycles. The Balaban J connectivity index is 1.73. The van der Waals surface area contributed by atoms with Gasteiger partial charge in [-0.1, -0.05) is 13.8 Å². The summed E-state index contributed by atoms with van der Waals surface area (Å²) < 4.78 is 2.07. The molecule has 124 valence electrons. The van der Waals surface area contributed by atoms with Crippen molar-refractivity contribution in [1.29, 1.82) is 0 Å². The van der Waals surface area contributed by atoms with Gasteiger partial charge >= 0.3 is 0 Å². The van der Waals surface area contributed by atoms with Gasteiger partial charge in [-0.25, -0.2) is 9.97 Å². The molecular weight excluding hydrogens is 286 g/mol. The number of likely N-dealkylation sites (tertiary alicyclic amines) is 1. The zero-order valence-electron chi connectivity index (χ0n) is 14.7. The molecule has 0 radical (unpaired) electrons. The Morgan fingerprint density at radius 2 is 1.91 bits per heavy atom.